The monoisotopic (exact) mass is 278 g/mol. The van der Waals surface area contributed by atoms with E-state index in [1.165, 1.54) is 24.4 Å². The summed E-state index contributed by atoms with van der Waals surface area (Å²) in [5.74, 6) is -5.00. The zero-order chi connectivity index (χ0) is 14.7. The number of carbonyl (C=O) groups excluding carboxylic acids is 1. The number of aromatic nitrogens is 1. The summed E-state index contributed by atoms with van der Waals surface area (Å²) >= 11 is 0. The van der Waals surface area contributed by atoms with Crippen LogP contribution in [0.4, 0.5) is 14.6 Å². The molecule has 0 aliphatic rings. The lowest BCUT2D eigenvalue weighted by atomic mass is 10.2. The second kappa shape index (κ2) is 5.43. The summed E-state index contributed by atoms with van der Waals surface area (Å²) in [6.45, 7) is 0. The molecule has 1 amide bonds. The maximum absolute atomic E-state index is 13.4. The van der Waals surface area contributed by atoms with Gasteiger partial charge in [0.1, 0.15) is 11.4 Å². The highest BCUT2D eigenvalue weighted by molar-refractivity contribution is 6.07. The molecule has 0 bridgehead atoms. The molecule has 0 saturated carbocycles. The van der Waals surface area contributed by atoms with Crippen molar-refractivity contribution < 1.29 is 23.5 Å². The minimum atomic E-state index is -1.31. The van der Waals surface area contributed by atoms with Gasteiger partial charge in [-0.05, 0) is 24.3 Å². The molecule has 0 aliphatic carbocycles. The molecule has 0 fully saturated rings. The molecule has 0 saturated heterocycles. The van der Waals surface area contributed by atoms with Crippen molar-refractivity contribution >= 4 is 17.7 Å². The average molecular weight is 278 g/mol. The number of carbonyl (C=O) groups is 2. The van der Waals surface area contributed by atoms with Gasteiger partial charge in [0.25, 0.3) is 5.91 Å². The molecule has 0 unspecified atom stereocenters. The van der Waals surface area contributed by atoms with Crippen molar-refractivity contribution in [3.05, 3.63) is 59.3 Å². The van der Waals surface area contributed by atoms with E-state index >= 15 is 0 Å². The number of hydrogen-bond acceptors (Lipinski definition) is 3. The molecule has 2 N–H and O–H groups in total. The molecule has 20 heavy (non-hydrogen) atoms. The van der Waals surface area contributed by atoms with E-state index in [1.54, 1.807) is 0 Å². The first-order chi connectivity index (χ1) is 9.50. The summed E-state index contributed by atoms with van der Waals surface area (Å²) in [5.41, 5.74) is -0.787. The molecular weight excluding hydrogens is 270 g/mol. The van der Waals surface area contributed by atoms with Crippen molar-refractivity contribution in [3.63, 3.8) is 0 Å². The topological polar surface area (TPSA) is 79.3 Å². The van der Waals surface area contributed by atoms with Crippen LogP contribution in [0.3, 0.4) is 0 Å². The van der Waals surface area contributed by atoms with Gasteiger partial charge in [-0.2, -0.15) is 0 Å². The van der Waals surface area contributed by atoms with E-state index in [0.29, 0.717) is 0 Å². The van der Waals surface area contributed by atoms with Gasteiger partial charge in [-0.25, -0.2) is 18.6 Å². The van der Waals surface area contributed by atoms with Gasteiger partial charge in [0, 0.05) is 6.20 Å². The Morgan fingerprint density at radius 3 is 2.50 bits per heavy atom. The molecule has 1 aromatic heterocycles. The fourth-order valence-electron chi connectivity index (χ4n) is 1.53. The molecule has 1 aromatic carbocycles. The van der Waals surface area contributed by atoms with Crippen molar-refractivity contribution in [1.29, 1.82) is 0 Å². The number of anilines is 1. The van der Waals surface area contributed by atoms with E-state index in [9.17, 15) is 18.4 Å². The molecule has 0 aliphatic heterocycles. The molecule has 102 valence electrons. The number of nitrogens with zero attached hydrogens (tertiary/aromatic N) is 1. The number of benzene rings is 1. The number of pyridine rings is 1. The van der Waals surface area contributed by atoms with Crippen LogP contribution in [0.15, 0.2) is 36.5 Å². The maximum atomic E-state index is 13.4. The first-order valence-corrected chi connectivity index (χ1v) is 5.44. The van der Waals surface area contributed by atoms with Crippen molar-refractivity contribution in [2.75, 3.05) is 5.32 Å². The van der Waals surface area contributed by atoms with E-state index in [0.717, 1.165) is 12.1 Å². The van der Waals surface area contributed by atoms with Crippen LogP contribution in [0.5, 0.6) is 0 Å². The number of carboxylic acid groups (broad SMARTS) is 1. The van der Waals surface area contributed by atoms with E-state index in [4.69, 9.17) is 5.11 Å². The summed E-state index contributed by atoms with van der Waals surface area (Å²) in [7, 11) is 0. The normalized spacial score (nSPS) is 10.1. The summed E-state index contributed by atoms with van der Waals surface area (Å²) in [5, 5.41) is 11.1. The van der Waals surface area contributed by atoms with Crippen LogP contribution in [0.1, 0.15) is 20.7 Å². The summed E-state index contributed by atoms with van der Waals surface area (Å²) in [6.07, 6.45) is 1.27. The second-order valence-electron chi connectivity index (χ2n) is 3.76. The summed E-state index contributed by atoms with van der Waals surface area (Å²) < 4.78 is 26.5. The third kappa shape index (κ3) is 2.61. The van der Waals surface area contributed by atoms with Crippen LogP contribution < -0.4 is 5.32 Å². The van der Waals surface area contributed by atoms with Gasteiger partial charge in [0.05, 0.1) is 5.56 Å². The molecule has 0 spiro atoms. The first-order valence-electron chi connectivity index (χ1n) is 5.44. The van der Waals surface area contributed by atoms with E-state index in [1.807, 2.05) is 0 Å². The number of amides is 1. The highest BCUT2D eigenvalue weighted by Gasteiger charge is 2.18. The van der Waals surface area contributed by atoms with Crippen LogP contribution in [0.2, 0.25) is 0 Å². The van der Waals surface area contributed by atoms with Gasteiger partial charge < -0.3 is 10.4 Å². The number of rotatable bonds is 3. The minimum Gasteiger partial charge on any atom is -0.478 e. The number of hydrogen-bond donors (Lipinski definition) is 2. The Morgan fingerprint density at radius 2 is 1.80 bits per heavy atom. The molecule has 7 heteroatoms. The maximum Gasteiger partial charge on any atom is 0.339 e. The Kier molecular flexibility index (Phi) is 3.69. The SMILES string of the molecule is O=C(O)c1cccnc1NC(=O)c1cccc(F)c1F. The molecule has 2 aromatic rings. The summed E-state index contributed by atoms with van der Waals surface area (Å²) in [4.78, 5) is 26.4. The Labute approximate surface area is 111 Å². The molecule has 0 atom stereocenters. The van der Waals surface area contributed by atoms with Gasteiger partial charge in [0.2, 0.25) is 0 Å². The lowest BCUT2D eigenvalue weighted by molar-refractivity contribution is 0.0697. The second-order valence-corrected chi connectivity index (χ2v) is 3.76. The zero-order valence-corrected chi connectivity index (χ0v) is 9.93. The molecule has 2 rings (SSSR count). The summed E-state index contributed by atoms with van der Waals surface area (Å²) in [6, 6.07) is 5.73. The van der Waals surface area contributed by atoms with Crippen LogP contribution in [0.25, 0.3) is 0 Å². The van der Waals surface area contributed by atoms with Crippen molar-refractivity contribution in [3.8, 4) is 0 Å². The molecular formula is C13H8F2N2O3. The average Bonchev–Trinajstić information content (AvgIpc) is 2.42. The van der Waals surface area contributed by atoms with Crippen molar-refractivity contribution in [1.82, 2.24) is 4.98 Å². The molecule has 5 nitrogen and oxygen atoms in total. The number of halogens is 2. The van der Waals surface area contributed by atoms with Gasteiger partial charge in [-0.3, -0.25) is 4.79 Å². The Hall–Kier alpha value is -2.83. The number of carboxylic acids is 1. The van der Waals surface area contributed by atoms with E-state index in [-0.39, 0.29) is 11.4 Å². The molecule has 0 radical (unpaired) electrons. The van der Waals surface area contributed by atoms with Crippen molar-refractivity contribution in [2.45, 2.75) is 0 Å². The van der Waals surface area contributed by atoms with Crippen LogP contribution >= 0.6 is 0 Å². The van der Waals surface area contributed by atoms with Crippen LogP contribution in [-0.2, 0) is 0 Å². The number of aromatic carboxylic acids is 1. The Balaban J connectivity index is 2.33. The highest BCUT2D eigenvalue weighted by Crippen LogP contribution is 2.16. The van der Waals surface area contributed by atoms with Crippen LogP contribution in [-0.4, -0.2) is 22.0 Å². The number of nitrogens with one attached hydrogen (secondary N) is 1. The first kappa shape index (κ1) is 13.6. The molecule has 1 heterocycles. The van der Waals surface area contributed by atoms with Gasteiger partial charge in [-0.1, -0.05) is 6.07 Å². The lowest BCUT2D eigenvalue weighted by Gasteiger charge is -2.07. The van der Waals surface area contributed by atoms with E-state index in [2.05, 4.69) is 10.3 Å². The Morgan fingerprint density at radius 1 is 1.10 bits per heavy atom. The Bertz CT molecular complexity index is 689. The van der Waals surface area contributed by atoms with E-state index < -0.39 is 29.1 Å². The quantitative estimate of drug-likeness (QED) is 0.903. The predicted octanol–water partition coefficient (Wildman–Crippen LogP) is 2.31. The third-order valence-corrected chi connectivity index (χ3v) is 2.47. The highest BCUT2D eigenvalue weighted by atomic mass is 19.2. The minimum absolute atomic E-state index is 0.242. The van der Waals surface area contributed by atoms with Gasteiger partial charge in [-0.15, -0.1) is 0 Å². The largest absolute Gasteiger partial charge is 0.478 e. The predicted molar refractivity (Wildman–Crippen MR) is 65.5 cm³/mol. The standard InChI is InChI=1S/C13H8F2N2O3/c14-9-5-1-3-7(10(9)15)12(18)17-11-8(13(19)20)4-2-6-16-11/h1-6H,(H,19,20)(H,16,17,18). The fourth-order valence-corrected chi connectivity index (χ4v) is 1.53. The smallest absolute Gasteiger partial charge is 0.339 e. The van der Waals surface area contributed by atoms with Crippen LogP contribution in [0, 0.1) is 11.6 Å². The fraction of sp³-hybridized carbons (Fsp3) is 0. The van der Waals surface area contributed by atoms with Crippen molar-refractivity contribution in [2.24, 2.45) is 0 Å². The zero-order valence-electron chi connectivity index (χ0n) is 9.93. The van der Waals surface area contributed by atoms with Gasteiger partial charge >= 0.3 is 5.97 Å². The van der Waals surface area contributed by atoms with Gasteiger partial charge in [0.15, 0.2) is 11.6 Å². The third-order valence-electron chi connectivity index (χ3n) is 2.47. The lowest BCUT2D eigenvalue weighted by Crippen LogP contribution is -2.17.